The van der Waals surface area contributed by atoms with Gasteiger partial charge in [0, 0.05) is 5.56 Å². The smallest absolute Gasteiger partial charge is 0.337 e. The number of hydrogen-bond donors (Lipinski definition) is 3. The van der Waals surface area contributed by atoms with Crippen molar-refractivity contribution in [2.75, 3.05) is 11.9 Å². The van der Waals surface area contributed by atoms with Gasteiger partial charge in [0.15, 0.2) is 0 Å². The lowest BCUT2D eigenvalue weighted by Crippen LogP contribution is -2.03. The maximum atomic E-state index is 10.8. The zero-order chi connectivity index (χ0) is 10.1. The molecule has 0 fully saturated rings. The lowest BCUT2D eigenvalue weighted by molar-refractivity contribution is 0.0698. The number of carbonyl (C=O) groups is 1. The second-order valence-corrected chi connectivity index (χ2v) is 2.93. The normalized spacial score (nSPS) is 16.4. The fourth-order valence-electron chi connectivity index (χ4n) is 1.52. The van der Waals surface area contributed by atoms with Gasteiger partial charge in [0.25, 0.3) is 0 Å². The molecule has 0 radical (unpaired) electrons. The number of anilines is 1. The summed E-state index contributed by atoms with van der Waals surface area (Å²) >= 11 is 0. The highest BCUT2D eigenvalue weighted by molar-refractivity contribution is 6.14. The van der Waals surface area contributed by atoms with Crippen LogP contribution in [0.1, 0.15) is 15.9 Å². The van der Waals surface area contributed by atoms with E-state index in [9.17, 15) is 4.79 Å². The van der Waals surface area contributed by atoms with Crippen LogP contribution >= 0.6 is 0 Å². The Kier molecular flexibility index (Phi) is 1.85. The molecule has 14 heavy (non-hydrogen) atoms. The van der Waals surface area contributed by atoms with Crippen LogP contribution in [0, 0.1) is 0 Å². The first kappa shape index (κ1) is 8.55. The van der Waals surface area contributed by atoms with Gasteiger partial charge in [-0.1, -0.05) is 17.3 Å². The largest absolute Gasteiger partial charge is 0.478 e. The summed E-state index contributed by atoms with van der Waals surface area (Å²) in [5.41, 5.74) is 1.82. The summed E-state index contributed by atoms with van der Waals surface area (Å²) in [4.78, 5) is 10.8. The highest BCUT2D eigenvalue weighted by atomic mass is 16.4. The summed E-state index contributed by atoms with van der Waals surface area (Å²) in [6.07, 6.45) is 0. The predicted molar refractivity (Wildman–Crippen MR) is 50.2 cm³/mol. The summed E-state index contributed by atoms with van der Waals surface area (Å²) in [6, 6.07) is 4.85. The molecule has 5 nitrogen and oxygen atoms in total. The first-order valence-corrected chi connectivity index (χ1v) is 4.05. The molecule has 1 aromatic rings. The number of carboxylic acid groups (broad SMARTS) is 1. The zero-order valence-corrected chi connectivity index (χ0v) is 7.19. The molecule has 1 aliphatic rings. The first-order valence-electron chi connectivity index (χ1n) is 4.05. The summed E-state index contributed by atoms with van der Waals surface area (Å²) in [5, 5.41) is 23.5. The third-order valence-electron chi connectivity index (χ3n) is 2.16. The molecule has 1 aromatic carbocycles. The number of oxime groups is 1. The predicted octanol–water partition coefficient (Wildman–Crippen LogP) is 0.989. The Bertz CT molecular complexity index is 426. The molecule has 1 heterocycles. The number of nitrogens with zero attached hydrogens (tertiary/aromatic N) is 1. The van der Waals surface area contributed by atoms with Crippen LogP contribution in [-0.2, 0) is 0 Å². The lowest BCUT2D eigenvalue weighted by atomic mass is 10.1. The van der Waals surface area contributed by atoms with Gasteiger partial charge in [-0.2, -0.15) is 0 Å². The molecule has 0 saturated heterocycles. The SMILES string of the molecule is O=C(O)c1cccc2c1NC/C2=N\O. The Hall–Kier alpha value is -2.04. The van der Waals surface area contributed by atoms with Gasteiger partial charge in [0.2, 0.25) is 0 Å². The molecule has 2 rings (SSSR count). The number of para-hydroxylation sites is 1. The highest BCUT2D eigenvalue weighted by Crippen LogP contribution is 2.26. The zero-order valence-electron chi connectivity index (χ0n) is 7.19. The van der Waals surface area contributed by atoms with Crippen LogP contribution in [0.2, 0.25) is 0 Å². The first-order chi connectivity index (χ1) is 6.74. The van der Waals surface area contributed by atoms with Crippen LogP contribution in [0.15, 0.2) is 23.4 Å². The fraction of sp³-hybridized carbons (Fsp3) is 0.111. The minimum Gasteiger partial charge on any atom is -0.478 e. The lowest BCUT2D eigenvalue weighted by Gasteiger charge is -2.02. The minimum absolute atomic E-state index is 0.196. The maximum Gasteiger partial charge on any atom is 0.337 e. The quantitative estimate of drug-likeness (QED) is 0.457. The van der Waals surface area contributed by atoms with Gasteiger partial charge >= 0.3 is 5.97 Å². The Morgan fingerprint density at radius 3 is 2.93 bits per heavy atom. The van der Waals surface area contributed by atoms with Crippen LogP contribution in [-0.4, -0.2) is 28.5 Å². The van der Waals surface area contributed by atoms with Gasteiger partial charge in [0.05, 0.1) is 17.8 Å². The summed E-state index contributed by atoms with van der Waals surface area (Å²) in [5.74, 6) is -0.992. The van der Waals surface area contributed by atoms with Crippen molar-refractivity contribution in [3.8, 4) is 0 Å². The fourth-order valence-corrected chi connectivity index (χ4v) is 1.52. The summed E-state index contributed by atoms with van der Waals surface area (Å²) < 4.78 is 0. The van der Waals surface area contributed by atoms with Crippen molar-refractivity contribution in [2.45, 2.75) is 0 Å². The number of hydrogen-bond acceptors (Lipinski definition) is 4. The molecule has 0 spiro atoms. The van der Waals surface area contributed by atoms with Crippen molar-refractivity contribution < 1.29 is 15.1 Å². The van der Waals surface area contributed by atoms with Crippen molar-refractivity contribution in [2.24, 2.45) is 5.16 Å². The van der Waals surface area contributed by atoms with Crippen LogP contribution in [0.25, 0.3) is 0 Å². The highest BCUT2D eigenvalue weighted by Gasteiger charge is 2.22. The van der Waals surface area contributed by atoms with E-state index in [0.29, 0.717) is 23.5 Å². The van der Waals surface area contributed by atoms with Crippen LogP contribution in [0.5, 0.6) is 0 Å². The average molecular weight is 192 g/mol. The molecule has 72 valence electrons. The van der Waals surface area contributed by atoms with E-state index in [-0.39, 0.29) is 5.56 Å². The van der Waals surface area contributed by atoms with Crippen molar-refractivity contribution in [1.82, 2.24) is 0 Å². The number of benzene rings is 1. The Labute approximate surface area is 79.7 Å². The maximum absolute atomic E-state index is 10.8. The van der Waals surface area contributed by atoms with Gasteiger partial charge in [-0.25, -0.2) is 4.79 Å². The number of carboxylic acids is 1. The van der Waals surface area contributed by atoms with Gasteiger partial charge in [-0.05, 0) is 6.07 Å². The van der Waals surface area contributed by atoms with Crippen molar-refractivity contribution >= 4 is 17.4 Å². The van der Waals surface area contributed by atoms with E-state index in [0.717, 1.165) is 0 Å². The second-order valence-electron chi connectivity index (χ2n) is 2.93. The number of aromatic carboxylic acids is 1. The van der Waals surface area contributed by atoms with Crippen LogP contribution in [0.3, 0.4) is 0 Å². The van der Waals surface area contributed by atoms with Crippen molar-refractivity contribution in [3.63, 3.8) is 0 Å². The van der Waals surface area contributed by atoms with E-state index in [2.05, 4.69) is 10.5 Å². The molecule has 0 amide bonds. The second kappa shape index (κ2) is 3.02. The molecule has 0 bridgehead atoms. The molecule has 0 aromatic heterocycles. The van der Waals surface area contributed by atoms with Crippen molar-refractivity contribution in [3.05, 3.63) is 29.3 Å². The third-order valence-corrected chi connectivity index (χ3v) is 2.16. The van der Waals surface area contributed by atoms with E-state index in [1.807, 2.05) is 0 Å². The molecule has 0 aliphatic carbocycles. The molecule has 5 heteroatoms. The van der Waals surface area contributed by atoms with E-state index in [1.165, 1.54) is 6.07 Å². The number of rotatable bonds is 1. The molecule has 0 saturated carbocycles. The van der Waals surface area contributed by atoms with Gasteiger partial charge in [0.1, 0.15) is 5.71 Å². The van der Waals surface area contributed by atoms with Gasteiger partial charge in [-0.15, -0.1) is 0 Å². The molecule has 0 unspecified atom stereocenters. The topological polar surface area (TPSA) is 81.9 Å². The Morgan fingerprint density at radius 1 is 1.50 bits per heavy atom. The molecule has 3 N–H and O–H groups in total. The van der Waals surface area contributed by atoms with E-state index >= 15 is 0 Å². The van der Waals surface area contributed by atoms with Crippen LogP contribution < -0.4 is 5.32 Å². The summed E-state index contributed by atoms with van der Waals surface area (Å²) in [6.45, 7) is 0.357. The van der Waals surface area contributed by atoms with Gasteiger partial charge in [-0.3, -0.25) is 0 Å². The molecular weight excluding hydrogens is 184 g/mol. The molecular formula is C9H8N2O3. The Morgan fingerprint density at radius 2 is 2.29 bits per heavy atom. The van der Waals surface area contributed by atoms with Crippen molar-refractivity contribution in [1.29, 1.82) is 0 Å². The standard InChI is InChI=1S/C9H8N2O3/c12-9(13)6-3-1-2-5-7(11-14)4-10-8(5)6/h1-3,10,14H,4H2,(H,12,13)/b11-7+. The minimum atomic E-state index is -0.992. The van der Waals surface area contributed by atoms with E-state index < -0.39 is 5.97 Å². The number of nitrogens with one attached hydrogen (secondary N) is 1. The molecule has 1 aliphatic heterocycles. The molecule has 0 atom stereocenters. The van der Waals surface area contributed by atoms with E-state index in [4.69, 9.17) is 10.3 Å². The third kappa shape index (κ3) is 1.10. The van der Waals surface area contributed by atoms with Gasteiger partial charge < -0.3 is 15.6 Å². The number of fused-ring (bicyclic) bond motifs is 1. The summed E-state index contributed by atoms with van der Waals surface area (Å²) in [7, 11) is 0. The average Bonchev–Trinajstić information content (AvgIpc) is 2.59. The Balaban J connectivity index is 2.61. The van der Waals surface area contributed by atoms with Crippen LogP contribution in [0.4, 0.5) is 5.69 Å². The monoisotopic (exact) mass is 192 g/mol. The van der Waals surface area contributed by atoms with E-state index in [1.54, 1.807) is 12.1 Å².